The smallest absolute Gasteiger partial charge is 0.131 e. The summed E-state index contributed by atoms with van der Waals surface area (Å²) in [4.78, 5) is 4.27. The Labute approximate surface area is 116 Å². The summed E-state index contributed by atoms with van der Waals surface area (Å²) in [5.41, 5.74) is 16.3. The molecule has 0 amide bonds. The molecule has 100 valence electrons. The van der Waals surface area contributed by atoms with Gasteiger partial charge in [-0.05, 0) is 23.8 Å². The highest BCUT2D eigenvalue weighted by Gasteiger charge is 2.08. The second-order valence-electron chi connectivity index (χ2n) is 4.68. The molecule has 0 aliphatic heterocycles. The van der Waals surface area contributed by atoms with Crippen LogP contribution < -0.4 is 11.5 Å². The molecule has 1 aromatic carbocycles. The number of aromatic nitrogens is 3. The summed E-state index contributed by atoms with van der Waals surface area (Å²) in [6.07, 6.45) is 5.51. The number of benzene rings is 1. The fourth-order valence-electron chi connectivity index (χ4n) is 2.10. The minimum Gasteiger partial charge on any atom is -0.399 e. The Morgan fingerprint density at radius 2 is 1.70 bits per heavy atom. The Morgan fingerprint density at radius 1 is 0.950 bits per heavy atom. The van der Waals surface area contributed by atoms with Crippen LogP contribution in [0.3, 0.4) is 0 Å². The molecule has 0 saturated carbocycles. The monoisotopic (exact) mass is 265 g/mol. The first-order valence-corrected chi connectivity index (χ1v) is 6.24. The summed E-state index contributed by atoms with van der Waals surface area (Å²) in [7, 11) is 1.88. The van der Waals surface area contributed by atoms with E-state index in [0.717, 1.165) is 27.9 Å². The van der Waals surface area contributed by atoms with Gasteiger partial charge in [0.1, 0.15) is 5.82 Å². The first kappa shape index (κ1) is 12.2. The van der Waals surface area contributed by atoms with Gasteiger partial charge in [-0.15, -0.1) is 0 Å². The second kappa shape index (κ2) is 4.70. The van der Waals surface area contributed by atoms with Gasteiger partial charge in [0.15, 0.2) is 0 Å². The number of nitrogen functional groups attached to an aromatic ring is 2. The Balaban J connectivity index is 2.09. The van der Waals surface area contributed by atoms with Crippen molar-refractivity contribution in [2.45, 2.75) is 0 Å². The van der Waals surface area contributed by atoms with E-state index >= 15 is 0 Å². The molecular formula is C15H15N5. The van der Waals surface area contributed by atoms with Crippen LogP contribution in [0.15, 0.2) is 48.9 Å². The van der Waals surface area contributed by atoms with Crippen molar-refractivity contribution in [3.63, 3.8) is 0 Å². The van der Waals surface area contributed by atoms with Gasteiger partial charge in [0.05, 0.1) is 6.20 Å². The lowest BCUT2D eigenvalue weighted by Gasteiger charge is -2.07. The average Bonchev–Trinajstić information content (AvgIpc) is 2.87. The number of nitrogens with zero attached hydrogens (tertiary/aromatic N) is 3. The molecule has 3 aromatic rings. The Kier molecular flexibility index (Phi) is 2.87. The summed E-state index contributed by atoms with van der Waals surface area (Å²) in [5, 5.41) is 4.17. The summed E-state index contributed by atoms with van der Waals surface area (Å²) in [5.74, 6) is 0.502. The minimum absolute atomic E-state index is 0.502. The second-order valence-corrected chi connectivity index (χ2v) is 4.68. The maximum absolute atomic E-state index is 5.98. The number of pyridine rings is 1. The lowest BCUT2D eigenvalue weighted by Crippen LogP contribution is -1.95. The number of anilines is 2. The van der Waals surface area contributed by atoms with Crippen LogP contribution in [-0.2, 0) is 7.05 Å². The number of hydrogen-bond acceptors (Lipinski definition) is 4. The van der Waals surface area contributed by atoms with Crippen molar-refractivity contribution in [3.8, 4) is 22.3 Å². The zero-order valence-electron chi connectivity index (χ0n) is 11.1. The van der Waals surface area contributed by atoms with Crippen molar-refractivity contribution < 1.29 is 0 Å². The Bertz CT molecular complexity index is 743. The molecule has 0 aliphatic carbocycles. The van der Waals surface area contributed by atoms with Gasteiger partial charge in [-0.3, -0.25) is 4.68 Å². The Morgan fingerprint density at radius 3 is 2.35 bits per heavy atom. The molecule has 0 spiro atoms. The van der Waals surface area contributed by atoms with Crippen molar-refractivity contribution in [3.05, 3.63) is 48.9 Å². The van der Waals surface area contributed by atoms with E-state index in [1.807, 2.05) is 43.6 Å². The average molecular weight is 265 g/mol. The van der Waals surface area contributed by atoms with E-state index in [1.165, 1.54) is 0 Å². The third kappa shape index (κ3) is 2.21. The molecule has 0 atom stereocenters. The standard InChI is InChI=1S/C15H15N5/c1-20-9-12(8-19-20)11-6-14(15(17)18-7-11)10-2-4-13(16)5-3-10/h2-9H,16H2,1H3,(H2,17,18). The molecule has 4 N–H and O–H groups in total. The molecule has 3 rings (SSSR count). The van der Waals surface area contributed by atoms with E-state index in [2.05, 4.69) is 10.1 Å². The molecule has 2 heterocycles. The fraction of sp³-hybridized carbons (Fsp3) is 0.0667. The minimum atomic E-state index is 0.502. The summed E-state index contributed by atoms with van der Waals surface area (Å²) >= 11 is 0. The van der Waals surface area contributed by atoms with E-state index < -0.39 is 0 Å². The molecule has 0 aliphatic rings. The van der Waals surface area contributed by atoms with Gasteiger partial charge < -0.3 is 11.5 Å². The molecule has 20 heavy (non-hydrogen) atoms. The molecule has 5 heteroatoms. The highest BCUT2D eigenvalue weighted by molar-refractivity contribution is 5.79. The van der Waals surface area contributed by atoms with Gasteiger partial charge in [0.25, 0.3) is 0 Å². The summed E-state index contributed by atoms with van der Waals surface area (Å²) in [6, 6.07) is 9.60. The number of rotatable bonds is 2. The van der Waals surface area contributed by atoms with Crippen LogP contribution >= 0.6 is 0 Å². The van der Waals surface area contributed by atoms with Gasteiger partial charge >= 0.3 is 0 Å². The number of aryl methyl sites for hydroxylation is 1. The molecular weight excluding hydrogens is 250 g/mol. The van der Waals surface area contributed by atoms with Crippen LogP contribution in [0.2, 0.25) is 0 Å². The van der Waals surface area contributed by atoms with Crippen LogP contribution in [0.25, 0.3) is 22.3 Å². The van der Waals surface area contributed by atoms with E-state index in [-0.39, 0.29) is 0 Å². The lowest BCUT2D eigenvalue weighted by atomic mass is 10.0. The normalized spacial score (nSPS) is 10.7. The zero-order chi connectivity index (χ0) is 14.1. The molecule has 0 unspecified atom stereocenters. The van der Waals surface area contributed by atoms with Crippen LogP contribution in [0.5, 0.6) is 0 Å². The Hall–Kier alpha value is -2.82. The van der Waals surface area contributed by atoms with Crippen molar-refractivity contribution in [2.75, 3.05) is 11.5 Å². The van der Waals surface area contributed by atoms with Gasteiger partial charge in [0, 0.05) is 41.8 Å². The molecule has 0 bridgehead atoms. The molecule has 2 aromatic heterocycles. The number of nitrogens with two attached hydrogens (primary N) is 2. The van der Waals surface area contributed by atoms with Gasteiger partial charge in [-0.1, -0.05) is 12.1 Å². The van der Waals surface area contributed by atoms with E-state index in [0.29, 0.717) is 5.82 Å². The highest BCUT2D eigenvalue weighted by Crippen LogP contribution is 2.29. The van der Waals surface area contributed by atoms with Crippen molar-refractivity contribution >= 4 is 11.5 Å². The SMILES string of the molecule is Cn1cc(-c2cnc(N)c(-c3ccc(N)cc3)c2)cn1. The van der Waals surface area contributed by atoms with Crippen LogP contribution in [0, 0.1) is 0 Å². The maximum atomic E-state index is 5.98. The van der Waals surface area contributed by atoms with Gasteiger partial charge in [-0.2, -0.15) is 5.10 Å². The zero-order valence-corrected chi connectivity index (χ0v) is 11.1. The van der Waals surface area contributed by atoms with E-state index in [1.54, 1.807) is 17.1 Å². The third-order valence-electron chi connectivity index (χ3n) is 3.18. The molecule has 5 nitrogen and oxygen atoms in total. The lowest BCUT2D eigenvalue weighted by molar-refractivity contribution is 0.768. The van der Waals surface area contributed by atoms with Crippen molar-refractivity contribution in [1.29, 1.82) is 0 Å². The first-order chi connectivity index (χ1) is 9.63. The summed E-state index contributed by atoms with van der Waals surface area (Å²) < 4.78 is 1.76. The maximum Gasteiger partial charge on any atom is 0.131 e. The third-order valence-corrected chi connectivity index (χ3v) is 3.18. The molecule has 0 radical (unpaired) electrons. The van der Waals surface area contributed by atoms with Crippen LogP contribution in [0.1, 0.15) is 0 Å². The molecule has 0 saturated heterocycles. The largest absolute Gasteiger partial charge is 0.399 e. The fourth-order valence-corrected chi connectivity index (χ4v) is 2.10. The van der Waals surface area contributed by atoms with Crippen LogP contribution in [-0.4, -0.2) is 14.8 Å². The van der Waals surface area contributed by atoms with Crippen LogP contribution in [0.4, 0.5) is 11.5 Å². The topological polar surface area (TPSA) is 82.8 Å². The molecule has 0 fully saturated rings. The first-order valence-electron chi connectivity index (χ1n) is 6.24. The van der Waals surface area contributed by atoms with E-state index in [9.17, 15) is 0 Å². The van der Waals surface area contributed by atoms with Crippen molar-refractivity contribution in [1.82, 2.24) is 14.8 Å². The summed E-state index contributed by atoms with van der Waals surface area (Å²) in [6.45, 7) is 0. The van der Waals surface area contributed by atoms with E-state index in [4.69, 9.17) is 11.5 Å². The predicted octanol–water partition coefficient (Wildman–Crippen LogP) is 2.31. The van der Waals surface area contributed by atoms with Gasteiger partial charge in [0.2, 0.25) is 0 Å². The number of hydrogen-bond donors (Lipinski definition) is 2. The quantitative estimate of drug-likeness (QED) is 0.696. The van der Waals surface area contributed by atoms with Gasteiger partial charge in [-0.25, -0.2) is 4.98 Å². The highest BCUT2D eigenvalue weighted by atomic mass is 15.2. The predicted molar refractivity (Wildman–Crippen MR) is 80.7 cm³/mol. The van der Waals surface area contributed by atoms with Crippen molar-refractivity contribution in [2.24, 2.45) is 7.05 Å².